The fraction of sp³-hybridized carbons (Fsp3) is 0.529. The molecule has 2 rings (SSSR count). The number of hydrogen-bond donors (Lipinski definition) is 1. The van der Waals surface area contributed by atoms with Crippen LogP contribution in [0.4, 0.5) is 5.69 Å². The number of nitrogens with one attached hydrogen (secondary N) is 1. The van der Waals surface area contributed by atoms with Gasteiger partial charge in [0.05, 0.1) is 5.92 Å². The molecule has 0 spiro atoms. The van der Waals surface area contributed by atoms with Gasteiger partial charge in [-0.05, 0) is 38.8 Å². The number of carbonyl (C=O) groups is 2. The molecular formula is C17H23NO3. The molecule has 0 heterocycles. The van der Waals surface area contributed by atoms with Gasteiger partial charge in [0.2, 0.25) is 0 Å². The van der Waals surface area contributed by atoms with Gasteiger partial charge in [-0.2, -0.15) is 0 Å². The van der Waals surface area contributed by atoms with Crippen molar-refractivity contribution < 1.29 is 14.3 Å². The quantitative estimate of drug-likeness (QED) is 0.864. The lowest BCUT2D eigenvalue weighted by atomic mass is 9.89. The first kappa shape index (κ1) is 15.5. The van der Waals surface area contributed by atoms with E-state index in [4.69, 9.17) is 4.74 Å². The highest BCUT2D eigenvalue weighted by Gasteiger charge is 2.26. The summed E-state index contributed by atoms with van der Waals surface area (Å²) in [5.74, 6) is -0.558. The van der Waals surface area contributed by atoms with Crippen LogP contribution in [-0.2, 0) is 14.3 Å². The zero-order valence-corrected chi connectivity index (χ0v) is 12.7. The maximum atomic E-state index is 12.0. The van der Waals surface area contributed by atoms with E-state index in [1.165, 1.54) is 6.42 Å². The minimum absolute atomic E-state index is 0.0339. The number of amides is 1. The number of carbonyl (C=O) groups excluding carboxylic acids is 2. The largest absolute Gasteiger partial charge is 0.452 e. The first-order valence-electron chi connectivity index (χ1n) is 7.64. The lowest BCUT2D eigenvalue weighted by molar-refractivity contribution is -0.158. The number of aryl methyl sites for hydroxylation is 1. The molecule has 0 saturated heterocycles. The molecule has 1 aromatic rings. The highest BCUT2D eigenvalue weighted by molar-refractivity contribution is 5.95. The van der Waals surface area contributed by atoms with Gasteiger partial charge in [-0.15, -0.1) is 0 Å². The molecule has 1 N–H and O–H groups in total. The third kappa shape index (κ3) is 4.59. The van der Waals surface area contributed by atoms with Crippen LogP contribution >= 0.6 is 0 Å². The molecule has 1 amide bonds. The lowest BCUT2D eigenvalue weighted by Crippen LogP contribution is -2.32. The topological polar surface area (TPSA) is 55.4 Å². The molecule has 1 saturated carbocycles. The maximum absolute atomic E-state index is 12.0. The summed E-state index contributed by atoms with van der Waals surface area (Å²) in [5.41, 5.74) is 1.84. The van der Waals surface area contributed by atoms with E-state index in [0.29, 0.717) is 5.69 Å². The van der Waals surface area contributed by atoms with Crippen LogP contribution in [0.3, 0.4) is 0 Å². The first-order valence-corrected chi connectivity index (χ1v) is 7.64. The van der Waals surface area contributed by atoms with Crippen LogP contribution in [0.2, 0.25) is 0 Å². The molecule has 1 fully saturated rings. The molecule has 0 aromatic heterocycles. The zero-order valence-electron chi connectivity index (χ0n) is 12.7. The molecule has 4 heteroatoms. The minimum atomic E-state index is -0.763. The maximum Gasteiger partial charge on any atom is 0.309 e. The Morgan fingerprint density at radius 1 is 1.14 bits per heavy atom. The van der Waals surface area contributed by atoms with Crippen LogP contribution in [-0.4, -0.2) is 18.0 Å². The van der Waals surface area contributed by atoms with Gasteiger partial charge in [0, 0.05) is 5.69 Å². The van der Waals surface area contributed by atoms with E-state index >= 15 is 0 Å². The zero-order chi connectivity index (χ0) is 15.2. The Morgan fingerprint density at radius 2 is 1.76 bits per heavy atom. The smallest absolute Gasteiger partial charge is 0.309 e. The second-order valence-electron chi connectivity index (χ2n) is 5.77. The molecule has 1 atom stereocenters. The van der Waals surface area contributed by atoms with E-state index in [0.717, 1.165) is 31.2 Å². The standard InChI is InChI=1S/C17H23NO3/c1-12-8-10-15(11-9-12)18-16(19)13(2)21-17(20)14-6-4-3-5-7-14/h8-11,13-14H,3-7H2,1-2H3,(H,18,19)/t13-/m1/s1. The second kappa shape index (κ2) is 7.25. The van der Waals surface area contributed by atoms with Crippen molar-refractivity contribution in [3.8, 4) is 0 Å². The van der Waals surface area contributed by atoms with Gasteiger partial charge in [-0.3, -0.25) is 9.59 Å². The Labute approximate surface area is 125 Å². The second-order valence-corrected chi connectivity index (χ2v) is 5.77. The van der Waals surface area contributed by atoms with Crippen molar-refractivity contribution in [2.45, 2.75) is 52.1 Å². The lowest BCUT2D eigenvalue weighted by Gasteiger charge is -2.22. The van der Waals surface area contributed by atoms with Crippen LogP contribution in [0.5, 0.6) is 0 Å². The normalized spacial score (nSPS) is 17.0. The number of anilines is 1. The molecule has 21 heavy (non-hydrogen) atoms. The van der Waals surface area contributed by atoms with E-state index in [2.05, 4.69) is 5.32 Å². The molecule has 0 radical (unpaired) electrons. The molecule has 0 bridgehead atoms. The molecule has 0 unspecified atom stereocenters. The van der Waals surface area contributed by atoms with Crippen molar-refractivity contribution in [1.82, 2.24) is 0 Å². The summed E-state index contributed by atoms with van der Waals surface area (Å²) in [6, 6.07) is 7.52. The van der Waals surface area contributed by atoms with Gasteiger partial charge in [0.25, 0.3) is 5.91 Å². The van der Waals surface area contributed by atoms with Gasteiger partial charge in [0.15, 0.2) is 6.10 Å². The Kier molecular flexibility index (Phi) is 5.37. The fourth-order valence-electron chi connectivity index (χ4n) is 2.54. The fourth-order valence-corrected chi connectivity index (χ4v) is 2.54. The number of rotatable bonds is 4. The molecule has 4 nitrogen and oxygen atoms in total. The molecular weight excluding hydrogens is 266 g/mol. The summed E-state index contributed by atoms with van der Waals surface area (Å²) < 4.78 is 5.30. The van der Waals surface area contributed by atoms with Gasteiger partial charge in [-0.1, -0.05) is 37.0 Å². The highest BCUT2D eigenvalue weighted by atomic mass is 16.5. The predicted molar refractivity (Wildman–Crippen MR) is 81.9 cm³/mol. The Morgan fingerprint density at radius 3 is 2.38 bits per heavy atom. The van der Waals surface area contributed by atoms with E-state index in [-0.39, 0.29) is 17.8 Å². The molecule has 1 aromatic carbocycles. The van der Waals surface area contributed by atoms with Gasteiger partial charge < -0.3 is 10.1 Å². The Hall–Kier alpha value is -1.84. The molecule has 1 aliphatic carbocycles. The first-order chi connectivity index (χ1) is 10.1. The van der Waals surface area contributed by atoms with Crippen molar-refractivity contribution in [2.75, 3.05) is 5.32 Å². The monoisotopic (exact) mass is 289 g/mol. The summed E-state index contributed by atoms with van der Waals surface area (Å²) in [6.07, 6.45) is 4.33. The number of esters is 1. The average molecular weight is 289 g/mol. The highest BCUT2D eigenvalue weighted by Crippen LogP contribution is 2.25. The van der Waals surface area contributed by atoms with E-state index in [9.17, 15) is 9.59 Å². The minimum Gasteiger partial charge on any atom is -0.452 e. The number of benzene rings is 1. The number of ether oxygens (including phenoxy) is 1. The van der Waals surface area contributed by atoms with Crippen LogP contribution < -0.4 is 5.32 Å². The third-order valence-electron chi connectivity index (χ3n) is 3.92. The van der Waals surface area contributed by atoms with Crippen molar-refractivity contribution >= 4 is 17.6 Å². The van der Waals surface area contributed by atoms with Crippen LogP contribution in [0.15, 0.2) is 24.3 Å². The van der Waals surface area contributed by atoms with Gasteiger partial charge >= 0.3 is 5.97 Å². The average Bonchev–Trinajstić information content (AvgIpc) is 2.50. The SMILES string of the molecule is Cc1ccc(NC(=O)[C@@H](C)OC(=O)C2CCCCC2)cc1. The summed E-state index contributed by atoms with van der Waals surface area (Å²) in [6.45, 7) is 3.60. The van der Waals surface area contributed by atoms with Gasteiger partial charge in [0.1, 0.15) is 0 Å². The van der Waals surface area contributed by atoms with Crippen molar-refractivity contribution in [2.24, 2.45) is 5.92 Å². The van der Waals surface area contributed by atoms with Crippen LogP contribution in [0, 0.1) is 12.8 Å². The summed E-state index contributed by atoms with van der Waals surface area (Å²) in [4.78, 5) is 24.0. The Bertz CT molecular complexity index is 489. The predicted octanol–water partition coefficient (Wildman–Crippen LogP) is 3.45. The van der Waals surface area contributed by atoms with Crippen molar-refractivity contribution in [1.29, 1.82) is 0 Å². The summed E-state index contributed by atoms with van der Waals surface area (Å²) in [5, 5.41) is 2.76. The third-order valence-corrected chi connectivity index (χ3v) is 3.92. The summed E-state index contributed by atoms with van der Waals surface area (Å²) in [7, 11) is 0. The van der Waals surface area contributed by atoms with Crippen LogP contribution in [0.25, 0.3) is 0 Å². The van der Waals surface area contributed by atoms with Gasteiger partial charge in [-0.25, -0.2) is 0 Å². The summed E-state index contributed by atoms with van der Waals surface area (Å²) >= 11 is 0. The molecule has 114 valence electrons. The molecule has 1 aliphatic rings. The van der Waals surface area contributed by atoms with Crippen LogP contribution in [0.1, 0.15) is 44.6 Å². The van der Waals surface area contributed by atoms with Crippen molar-refractivity contribution in [3.05, 3.63) is 29.8 Å². The van der Waals surface area contributed by atoms with E-state index in [1.807, 2.05) is 31.2 Å². The van der Waals surface area contributed by atoms with E-state index in [1.54, 1.807) is 6.92 Å². The van der Waals surface area contributed by atoms with Crippen molar-refractivity contribution in [3.63, 3.8) is 0 Å². The van der Waals surface area contributed by atoms with E-state index < -0.39 is 6.10 Å². The molecule has 0 aliphatic heterocycles. The number of hydrogen-bond acceptors (Lipinski definition) is 3. The Balaban J connectivity index is 1.84.